The molecule has 5 rings (SSSR count). The molecule has 1 saturated carbocycles. The molecular weight excluding hydrogens is 376 g/mol. The summed E-state index contributed by atoms with van der Waals surface area (Å²) in [5, 5.41) is 7.71. The molecule has 0 saturated heterocycles. The average Bonchev–Trinajstić information content (AvgIpc) is 3.52. The van der Waals surface area contributed by atoms with E-state index in [-0.39, 0.29) is 11.9 Å². The second-order valence-electron chi connectivity index (χ2n) is 7.81. The Hall–Kier alpha value is -3.41. The lowest BCUT2D eigenvalue weighted by Gasteiger charge is -2.16. The Balaban J connectivity index is 1.36. The molecule has 6 heteroatoms. The highest BCUT2D eigenvalue weighted by atomic mass is 16.3. The molecule has 4 aromatic rings. The van der Waals surface area contributed by atoms with Crippen LogP contribution in [0.1, 0.15) is 38.6 Å². The molecule has 1 amide bonds. The largest absolute Gasteiger partial charge is 0.436 e. The average molecular weight is 400 g/mol. The predicted octanol–water partition coefficient (Wildman–Crippen LogP) is 4.98. The lowest BCUT2D eigenvalue weighted by Crippen LogP contribution is -2.32. The summed E-state index contributed by atoms with van der Waals surface area (Å²) in [4.78, 5) is 16.3. The van der Waals surface area contributed by atoms with Gasteiger partial charge in [-0.15, -0.1) is 0 Å². The van der Waals surface area contributed by atoms with Gasteiger partial charge in [-0.3, -0.25) is 9.48 Å². The number of carbonyl (C=O) groups is 1. The molecule has 0 aliphatic heterocycles. The van der Waals surface area contributed by atoms with Gasteiger partial charge in [0.15, 0.2) is 5.58 Å². The normalized spacial score (nSPS) is 18.7. The first-order valence-electron chi connectivity index (χ1n) is 10.5. The topological polar surface area (TPSA) is 73.0 Å². The van der Waals surface area contributed by atoms with Crippen molar-refractivity contribution >= 4 is 17.0 Å². The molecule has 1 N–H and O–H groups in total. The Morgan fingerprint density at radius 1 is 1.10 bits per heavy atom. The minimum Gasteiger partial charge on any atom is -0.436 e. The van der Waals surface area contributed by atoms with E-state index in [4.69, 9.17) is 4.42 Å². The van der Waals surface area contributed by atoms with Crippen LogP contribution >= 0.6 is 0 Å². The van der Waals surface area contributed by atoms with E-state index >= 15 is 0 Å². The number of para-hydroxylation sites is 2. The van der Waals surface area contributed by atoms with Gasteiger partial charge in [-0.05, 0) is 55.2 Å². The van der Waals surface area contributed by atoms with Gasteiger partial charge < -0.3 is 9.73 Å². The van der Waals surface area contributed by atoms with Crippen molar-refractivity contribution in [3.63, 3.8) is 0 Å². The zero-order chi connectivity index (χ0) is 20.5. The number of aromatic nitrogens is 3. The Bertz CT molecular complexity index is 1140. The molecule has 0 unspecified atom stereocenters. The van der Waals surface area contributed by atoms with Crippen molar-refractivity contribution in [3.05, 3.63) is 60.8 Å². The molecule has 152 valence electrons. The first-order valence-corrected chi connectivity index (χ1v) is 10.5. The van der Waals surface area contributed by atoms with Crippen molar-refractivity contribution in [3.8, 4) is 22.7 Å². The number of amides is 1. The van der Waals surface area contributed by atoms with Crippen molar-refractivity contribution in [1.29, 1.82) is 0 Å². The summed E-state index contributed by atoms with van der Waals surface area (Å²) >= 11 is 0. The fourth-order valence-corrected chi connectivity index (χ4v) is 4.25. The van der Waals surface area contributed by atoms with E-state index in [1.165, 1.54) is 0 Å². The molecule has 0 bridgehead atoms. The van der Waals surface area contributed by atoms with E-state index in [1.54, 1.807) is 0 Å². The van der Waals surface area contributed by atoms with Crippen LogP contribution in [0.4, 0.5) is 0 Å². The van der Waals surface area contributed by atoms with E-state index in [0.29, 0.717) is 18.4 Å². The zero-order valence-electron chi connectivity index (χ0n) is 16.9. The fraction of sp³-hybridized carbons (Fsp3) is 0.292. The van der Waals surface area contributed by atoms with E-state index in [0.717, 1.165) is 47.2 Å². The molecule has 2 aromatic heterocycles. The summed E-state index contributed by atoms with van der Waals surface area (Å²) in [7, 11) is 0. The molecule has 0 spiro atoms. The van der Waals surface area contributed by atoms with Crippen LogP contribution in [-0.4, -0.2) is 26.7 Å². The maximum Gasteiger partial charge on any atom is 0.227 e. The Labute approximate surface area is 174 Å². The van der Waals surface area contributed by atoms with Gasteiger partial charge in [-0.1, -0.05) is 31.2 Å². The van der Waals surface area contributed by atoms with Gasteiger partial charge in [0.2, 0.25) is 11.8 Å². The van der Waals surface area contributed by atoms with E-state index in [2.05, 4.69) is 32.2 Å². The second kappa shape index (κ2) is 7.78. The van der Waals surface area contributed by atoms with Crippen LogP contribution < -0.4 is 5.32 Å². The Morgan fingerprint density at radius 3 is 2.70 bits per heavy atom. The van der Waals surface area contributed by atoms with Crippen LogP contribution in [0.15, 0.2) is 65.2 Å². The Morgan fingerprint density at radius 2 is 1.90 bits per heavy atom. The van der Waals surface area contributed by atoms with Crippen LogP contribution in [0.25, 0.3) is 33.8 Å². The summed E-state index contributed by atoms with van der Waals surface area (Å²) in [6, 6.07) is 18.6. The van der Waals surface area contributed by atoms with Crippen LogP contribution in [-0.2, 0) is 4.79 Å². The summed E-state index contributed by atoms with van der Waals surface area (Å²) in [5.41, 5.74) is 4.80. The highest BCUT2D eigenvalue weighted by Gasteiger charge is 2.28. The van der Waals surface area contributed by atoms with Crippen molar-refractivity contribution in [1.82, 2.24) is 20.1 Å². The van der Waals surface area contributed by atoms with Gasteiger partial charge in [0.25, 0.3) is 0 Å². The molecule has 1 aliphatic rings. The standard InChI is InChI=1S/C24H24N4O2/c1-2-23(29)26-18-11-12-19(15-18)28-21(13-14-25-28)16-7-9-17(10-8-16)24-27-20-5-3-4-6-22(20)30-24/h3-10,13-14,18-19H,2,11-12,15H2,1H3,(H,26,29)/t18-,19+/m0/s1. The summed E-state index contributed by atoms with van der Waals surface area (Å²) < 4.78 is 7.98. The van der Waals surface area contributed by atoms with Crippen molar-refractivity contribution < 1.29 is 9.21 Å². The lowest BCUT2D eigenvalue weighted by molar-refractivity contribution is -0.121. The molecule has 2 aromatic carbocycles. The van der Waals surface area contributed by atoms with Gasteiger partial charge in [0, 0.05) is 24.2 Å². The number of hydrogen-bond acceptors (Lipinski definition) is 4. The third kappa shape index (κ3) is 3.49. The summed E-state index contributed by atoms with van der Waals surface area (Å²) in [6.07, 6.45) is 5.31. The molecule has 1 aliphatic carbocycles. The third-order valence-corrected chi connectivity index (χ3v) is 5.83. The maximum absolute atomic E-state index is 11.7. The van der Waals surface area contributed by atoms with Gasteiger partial charge in [0.05, 0.1) is 11.7 Å². The van der Waals surface area contributed by atoms with Gasteiger partial charge in [-0.25, -0.2) is 4.98 Å². The SMILES string of the molecule is CCC(=O)N[C@H]1CC[C@@H](n2nccc2-c2ccc(-c3nc4ccccc4o3)cc2)C1. The monoisotopic (exact) mass is 400 g/mol. The molecule has 2 heterocycles. The van der Waals surface area contributed by atoms with Gasteiger partial charge in [0.1, 0.15) is 5.52 Å². The quantitative estimate of drug-likeness (QED) is 0.513. The van der Waals surface area contributed by atoms with Crippen LogP contribution in [0.2, 0.25) is 0 Å². The van der Waals surface area contributed by atoms with Crippen molar-refractivity contribution in [2.75, 3.05) is 0 Å². The first-order chi connectivity index (χ1) is 14.7. The molecule has 2 atom stereocenters. The van der Waals surface area contributed by atoms with Crippen LogP contribution in [0, 0.1) is 0 Å². The number of benzene rings is 2. The molecular formula is C24H24N4O2. The molecule has 1 fully saturated rings. The highest BCUT2D eigenvalue weighted by Crippen LogP contribution is 2.34. The molecule has 30 heavy (non-hydrogen) atoms. The summed E-state index contributed by atoms with van der Waals surface area (Å²) in [6.45, 7) is 1.89. The maximum atomic E-state index is 11.7. The van der Waals surface area contributed by atoms with E-state index in [1.807, 2.05) is 55.6 Å². The van der Waals surface area contributed by atoms with E-state index < -0.39 is 0 Å². The first kappa shape index (κ1) is 18.6. The zero-order valence-corrected chi connectivity index (χ0v) is 16.9. The molecule has 0 radical (unpaired) electrons. The molecule has 6 nitrogen and oxygen atoms in total. The number of oxazole rings is 1. The van der Waals surface area contributed by atoms with Crippen molar-refractivity contribution in [2.45, 2.75) is 44.7 Å². The number of fused-ring (bicyclic) bond motifs is 1. The minimum atomic E-state index is 0.121. The number of nitrogens with one attached hydrogen (secondary N) is 1. The number of hydrogen-bond donors (Lipinski definition) is 1. The summed E-state index contributed by atoms with van der Waals surface area (Å²) in [5.74, 6) is 0.748. The smallest absolute Gasteiger partial charge is 0.227 e. The van der Waals surface area contributed by atoms with Gasteiger partial charge >= 0.3 is 0 Å². The minimum absolute atomic E-state index is 0.121. The van der Waals surface area contributed by atoms with E-state index in [9.17, 15) is 4.79 Å². The Kier molecular flexibility index (Phi) is 4.83. The second-order valence-corrected chi connectivity index (χ2v) is 7.81. The van der Waals surface area contributed by atoms with Crippen molar-refractivity contribution in [2.24, 2.45) is 0 Å². The number of carbonyl (C=O) groups excluding carboxylic acids is 1. The third-order valence-electron chi connectivity index (χ3n) is 5.83. The fourth-order valence-electron chi connectivity index (χ4n) is 4.25. The highest BCUT2D eigenvalue weighted by molar-refractivity contribution is 5.77. The number of nitrogens with zero attached hydrogens (tertiary/aromatic N) is 3. The lowest BCUT2D eigenvalue weighted by atomic mass is 10.1. The van der Waals surface area contributed by atoms with Crippen LogP contribution in [0.5, 0.6) is 0 Å². The predicted molar refractivity (Wildman–Crippen MR) is 116 cm³/mol. The number of rotatable bonds is 5. The van der Waals surface area contributed by atoms with Gasteiger partial charge in [-0.2, -0.15) is 5.10 Å². The van der Waals surface area contributed by atoms with Crippen LogP contribution in [0.3, 0.4) is 0 Å².